The zero-order chi connectivity index (χ0) is 22.0. The molecule has 0 spiro atoms. The number of para-hydroxylation sites is 2. The summed E-state index contributed by atoms with van der Waals surface area (Å²) in [7, 11) is 0. The van der Waals surface area contributed by atoms with Gasteiger partial charge in [-0.3, -0.25) is 0 Å². The van der Waals surface area contributed by atoms with Gasteiger partial charge in [0.25, 0.3) is 0 Å². The lowest BCUT2D eigenvalue weighted by Gasteiger charge is -1.86. The van der Waals surface area contributed by atoms with Gasteiger partial charge in [-0.15, -0.1) is 0 Å². The third kappa shape index (κ3) is 4.20. The number of nitrogens with zero attached hydrogens (tertiary/aromatic N) is 4. The Hall–Kier alpha value is -4.78. The van der Waals surface area contributed by atoms with E-state index in [-0.39, 0.29) is 0 Å². The highest BCUT2D eigenvalue weighted by molar-refractivity contribution is 5.77. The number of rotatable bonds is 0. The molecule has 158 valence electrons. The Morgan fingerprint density at radius 1 is 0.455 bits per heavy atom. The molecule has 0 unspecified atom stereocenters. The molecule has 5 aromatic rings. The van der Waals surface area contributed by atoms with E-state index in [0.717, 1.165) is 55.9 Å². The van der Waals surface area contributed by atoms with Gasteiger partial charge in [-0.1, -0.05) is 12.1 Å². The lowest BCUT2D eigenvalue weighted by atomic mass is 10.3. The molecular weight excluding hydrogens is 410 g/mol. The molecule has 0 saturated carbocycles. The van der Waals surface area contributed by atoms with Crippen LogP contribution in [0.4, 0.5) is 0 Å². The molecule has 0 radical (unpaired) electrons. The van der Waals surface area contributed by atoms with Gasteiger partial charge in [-0.05, 0) is 85.0 Å². The minimum Gasteiger partial charge on any atom is -0.355 e. The number of aromatic amines is 3. The first-order chi connectivity index (χ1) is 16.3. The second-order valence-corrected chi connectivity index (χ2v) is 7.72. The largest absolute Gasteiger partial charge is 0.355 e. The van der Waals surface area contributed by atoms with E-state index < -0.39 is 0 Å². The molecule has 3 N–H and O–H groups in total. The first kappa shape index (κ1) is 18.9. The number of hydrogen-bond donors (Lipinski definition) is 3. The van der Waals surface area contributed by atoms with Crippen molar-refractivity contribution >= 4 is 57.4 Å². The predicted octanol–water partition coefficient (Wildman–Crippen LogP) is 5.61. The summed E-state index contributed by atoms with van der Waals surface area (Å²) in [5.74, 6) is 0. The summed E-state index contributed by atoms with van der Waals surface area (Å²) in [5.41, 5.74) is 9.69. The predicted molar refractivity (Wildman–Crippen MR) is 133 cm³/mol. The van der Waals surface area contributed by atoms with Gasteiger partial charge in [0.05, 0.1) is 22.8 Å². The summed E-state index contributed by atoms with van der Waals surface area (Å²) in [6.07, 6.45) is 8.05. The molecule has 0 atom stereocenters. The van der Waals surface area contributed by atoms with Crippen molar-refractivity contribution < 1.29 is 0 Å². The normalized spacial score (nSPS) is 12.0. The van der Waals surface area contributed by atoms with E-state index in [9.17, 15) is 0 Å². The average molecular weight is 429 g/mol. The van der Waals surface area contributed by atoms with Gasteiger partial charge < -0.3 is 9.97 Å². The Kier molecular flexibility index (Phi) is 4.62. The van der Waals surface area contributed by atoms with Crippen molar-refractivity contribution in [1.82, 2.24) is 35.3 Å². The van der Waals surface area contributed by atoms with Crippen molar-refractivity contribution in [2.75, 3.05) is 0 Å². The minimum atomic E-state index is 0.914. The van der Waals surface area contributed by atoms with Crippen LogP contribution in [0.25, 0.3) is 57.4 Å². The highest BCUT2D eigenvalue weighted by Gasteiger charge is 2.02. The molecule has 2 aliphatic heterocycles. The molecule has 0 fully saturated rings. The van der Waals surface area contributed by atoms with Crippen LogP contribution in [0.15, 0.2) is 72.8 Å². The maximum atomic E-state index is 4.62. The maximum absolute atomic E-state index is 4.62. The van der Waals surface area contributed by atoms with E-state index in [1.54, 1.807) is 0 Å². The number of nitrogens with one attached hydrogen (secondary N) is 3. The number of benzene rings is 1. The second kappa shape index (κ2) is 8.05. The Labute approximate surface area is 188 Å². The molecule has 33 heavy (non-hydrogen) atoms. The summed E-state index contributed by atoms with van der Waals surface area (Å²) < 4.78 is 0. The second-order valence-electron chi connectivity index (χ2n) is 7.72. The summed E-state index contributed by atoms with van der Waals surface area (Å²) >= 11 is 0. The summed E-state index contributed by atoms with van der Waals surface area (Å²) in [5, 5.41) is 10.3. The van der Waals surface area contributed by atoms with Crippen LogP contribution >= 0.6 is 0 Å². The topological polar surface area (TPSA) is 98.9 Å². The van der Waals surface area contributed by atoms with E-state index in [1.807, 2.05) is 66.8 Å². The SMILES string of the molecule is C1=Cc2cc3ccc(cc4ccc(cc5nc(cc1n2)C=C5)[nH]4)[nH]3.c1ccc2n[nH]nc2c1. The molecule has 7 rings (SSSR count). The van der Waals surface area contributed by atoms with Gasteiger partial charge in [0, 0.05) is 22.1 Å². The van der Waals surface area contributed by atoms with Gasteiger partial charge in [0.15, 0.2) is 0 Å². The van der Waals surface area contributed by atoms with Crippen LogP contribution in [0, 0.1) is 0 Å². The van der Waals surface area contributed by atoms with Gasteiger partial charge in [-0.2, -0.15) is 15.4 Å². The monoisotopic (exact) mass is 429 g/mol. The molecule has 2 aliphatic rings. The smallest absolute Gasteiger partial charge is 0.112 e. The molecule has 0 saturated heterocycles. The molecule has 4 aromatic heterocycles. The van der Waals surface area contributed by atoms with Crippen molar-refractivity contribution in [3.63, 3.8) is 0 Å². The minimum absolute atomic E-state index is 0.914. The molecule has 8 bridgehead atoms. The molecule has 6 heterocycles. The van der Waals surface area contributed by atoms with Crippen LogP contribution < -0.4 is 0 Å². The van der Waals surface area contributed by atoms with Crippen LogP contribution in [0.5, 0.6) is 0 Å². The van der Waals surface area contributed by atoms with Crippen molar-refractivity contribution in [1.29, 1.82) is 0 Å². The van der Waals surface area contributed by atoms with Crippen LogP contribution in [0.1, 0.15) is 22.8 Å². The Balaban J connectivity index is 0.000000192. The molecule has 0 aliphatic carbocycles. The van der Waals surface area contributed by atoms with Gasteiger partial charge >= 0.3 is 0 Å². The highest BCUT2D eigenvalue weighted by Crippen LogP contribution is 2.17. The fourth-order valence-corrected chi connectivity index (χ4v) is 3.73. The molecule has 7 heteroatoms. The zero-order valence-electron chi connectivity index (χ0n) is 17.5. The Morgan fingerprint density at radius 2 is 0.879 bits per heavy atom. The standard InChI is InChI=1S/C20H14N4.C6H5N3/c1-2-14-10-16-5-6-18(23-16)12-20-8-7-19(24-20)11-17-4-3-15(22-17)9-13(1)21-14;1-2-4-6-5(3-1)7-9-8-6/h1-12,21-22H;1-4H,(H,7,8,9). The summed E-state index contributed by atoms with van der Waals surface area (Å²) in [6.45, 7) is 0. The lowest BCUT2D eigenvalue weighted by Crippen LogP contribution is -1.77. The summed E-state index contributed by atoms with van der Waals surface area (Å²) in [4.78, 5) is 16.0. The van der Waals surface area contributed by atoms with E-state index in [1.165, 1.54) is 0 Å². The van der Waals surface area contributed by atoms with Crippen LogP contribution in [-0.2, 0) is 0 Å². The Bertz CT molecular complexity index is 1560. The van der Waals surface area contributed by atoms with Gasteiger partial charge in [-0.25, -0.2) is 9.97 Å². The van der Waals surface area contributed by atoms with Crippen molar-refractivity contribution in [3.8, 4) is 0 Å². The highest BCUT2D eigenvalue weighted by atomic mass is 15.3. The van der Waals surface area contributed by atoms with Gasteiger partial charge in [0.2, 0.25) is 0 Å². The fourth-order valence-electron chi connectivity index (χ4n) is 3.73. The quantitative estimate of drug-likeness (QED) is 0.292. The lowest BCUT2D eigenvalue weighted by molar-refractivity contribution is 0.959. The van der Waals surface area contributed by atoms with E-state index in [4.69, 9.17) is 0 Å². The van der Waals surface area contributed by atoms with Crippen LogP contribution in [0.3, 0.4) is 0 Å². The number of aromatic nitrogens is 7. The molecule has 0 amide bonds. The maximum Gasteiger partial charge on any atom is 0.112 e. The molecule has 7 nitrogen and oxygen atoms in total. The molecular formula is C26H19N7. The fraction of sp³-hybridized carbons (Fsp3) is 0. The third-order valence-corrected chi connectivity index (χ3v) is 5.26. The average Bonchev–Trinajstić information content (AvgIpc) is 3.63. The zero-order valence-corrected chi connectivity index (χ0v) is 17.5. The first-order valence-corrected chi connectivity index (χ1v) is 10.6. The van der Waals surface area contributed by atoms with Gasteiger partial charge in [0.1, 0.15) is 11.0 Å². The molecule has 1 aromatic carbocycles. The number of hydrogen-bond acceptors (Lipinski definition) is 4. The number of fused-ring (bicyclic) bond motifs is 9. The Morgan fingerprint density at radius 3 is 1.36 bits per heavy atom. The van der Waals surface area contributed by atoms with E-state index in [0.29, 0.717) is 0 Å². The third-order valence-electron chi connectivity index (χ3n) is 5.26. The number of H-pyrrole nitrogens is 3. The van der Waals surface area contributed by atoms with E-state index in [2.05, 4.69) is 65.7 Å². The van der Waals surface area contributed by atoms with E-state index >= 15 is 0 Å². The van der Waals surface area contributed by atoms with Crippen molar-refractivity contribution in [2.24, 2.45) is 0 Å². The summed E-state index contributed by atoms with van der Waals surface area (Å²) in [6, 6.07) is 24.1. The van der Waals surface area contributed by atoms with Crippen molar-refractivity contribution in [2.45, 2.75) is 0 Å². The first-order valence-electron chi connectivity index (χ1n) is 10.6. The van der Waals surface area contributed by atoms with Crippen molar-refractivity contribution in [3.05, 3.63) is 95.6 Å². The van der Waals surface area contributed by atoms with Crippen LogP contribution in [0.2, 0.25) is 0 Å². The van der Waals surface area contributed by atoms with Crippen LogP contribution in [-0.4, -0.2) is 35.3 Å².